The highest BCUT2D eigenvalue weighted by Crippen LogP contribution is 2.07. The van der Waals surface area contributed by atoms with E-state index in [9.17, 15) is 0 Å². The van der Waals surface area contributed by atoms with E-state index in [1.54, 1.807) is 0 Å². The molecule has 0 aliphatic heterocycles. The summed E-state index contributed by atoms with van der Waals surface area (Å²) in [5, 5.41) is 3.57. The molecule has 0 rings (SSSR count). The minimum Gasteiger partial charge on any atom is -0.315 e. The van der Waals surface area contributed by atoms with Crippen molar-refractivity contribution in [2.75, 3.05) is 13.1 Å². The SMILES string of the molecule is CCCNCC(Cl)C(C)C. The van der Waals surface area contributed by atoms with Crippen LogP contribution >= 0.6 is 11.6 Å². The number of nitrogens with one attached hydrogen (secondary N) is 1. The van der Waals surface area contributed by atoms with Gasteiger partial charge in [-0.1, -0.05) is 20.8 Å². The smallest absolute Gasteiger partial charge is 0.0483 e. The number of rotatable bonds is 5. The van der Waals surface area contributed by atoms with Gasteiger partial charge in [0, 0.05) is 11.9 Å². The molecule has 0 bridgehead atoms. The molecule has 0 radical (unpaired) electrons. The normalized spacial score (nSPS) is 14.1. The average Bonchev–Trinajstić information content (AvgIpc) is 1.88. The summed E-state index contributed by atoms with van der Waals surface area (Å²) in [5.74, 6) is 0.575. The third-order valence-electron chi connectivity index (χ3n) is 1.49. The van der Waals surface area contributed by atoms with Crippen LogP contribution < -0.4 is 5.32 Å². The van der Waals surface area contributed by atoms with E-state index in [0.717, 1.165) is 13.1 Å². The second kappa shape index (κ2) is 5.99. The van der Waals surface area contributed by atoms with Gasteiger partial charge in [0.2, 0.25) is 0 Å². The molecule has 0 aromatic carbocycles. The van der Waals surface area contributed by atoms with Crippen LogP contribution in [0.5, 0.6) is 0 Å². The first-order valence-electron chi connectivity index (χ1n) is 4.03. The Hall–Kier alpha value is 0.250. The standard InChI is InChI=1S/C8H18ClN/c1-4-5-10-6-8(9)7(2)3/h7-8,10H,4-6H2,1-3H3. The fourth-order valence-electron chi connectivity index (χ4n) is 0.652. The van der Waals surface area contributed by atoms with Crippen molar-refractivity contribution in [2.45, 2.75) is 32.6 Å². The largest absolute Gasteiger partial charge is 0.315 e. The van der Waals surface area contributed by atoms with E-state index in [2.05, 4.69) is 26.1 Å². The third-order valence-corrected chi connectivity index (χ3v) is 2.15. The molecule has 0 saturated carbocycles. The molecule has 0 aliphatic rings. The fourth-order valence-corrected chi connectivity index (χ4v) is 0.762. The van der Waals surface area contributed by atoms with Gasteiger partial charge in [0.15, 0.2) is 0 Å². The molecule has 62 valence electrons. The second-order valence-electron chi connectivity index (χ2n) is 2.96. The summed E-state index contributed by atoms with van der Waals surface area (Å²) in [6.45, 7) is 8.46. The monoisotopic (exact) mass is 163 g/mol. The molecular formula is C8H18ClN. The molecule has 0 aliphatic carbocycles. The predicted octanol–water partition coefficient (Wildman–Crippen LogP) is 2.25. The van der Waals surface area contributed by atoms with Gasteiger partial charge in [-0.2, -0.15) is 0 Å². The van der Waals surface area contributed by atoms with Crippen molar-refractivity contribution in [3.63, 3.8) is 0 Å². The molecule has 1 unspecified atom stereocenters. The van der Waals surface area contributed by atoms with Gasteiger partial charge in [-0.3, -0.25) is 0 Å². The van der Waals surface area contributed by atoms with Crippen molar-refractivity contribution >= 4 is 11.6 Å². The van der Waals surface area contributed by atoms with E-state index in [1.807, 2.05) is 0 Å². The van der Waals surface area contributed by atoms with Crippen LogP contribution in [-0.4, -0.2) is 18.5 Å². The van der Waals surface area contributed by atoms with Crippen molar-refractivity contribution in [3.8, 4) is 0 Å². The van der Waals surface area contributed by atoms with E-state index in [-0.39, 0.29) is 5.38 Å². The number of hydrogen-bond acceptors (Lipinski definition) is 1. The lowest BCUT2D eigenvalue weighted by Gasteiger charge is -2.13. The molecule has 0 saturated heterocycles. The first-order valence-corrected chi connectivity index (χ1v) is 4.47. The maximum atomic E-state index is 5.99. The Balaban J connectivity index is 3.13. The van der Waals surface area contributed by atoms with Crippen LogP contribution in [0.3, 0.4) is 0 Å². The number of hydrogen-bond donors (Lipinski definition) is 1. The van der Waals surface area contributed by atoms with Gasteiger partial charge in [-0.25, -0.2) is 0 Å². The zero-order valence-electron chi connectivity index (χ0n) is 7.15. The van der Waals surface area contributed by atoms with Gasteiger partial charge in [-0.05, 0) is 18.9 Å². The van der Waals surface area contributed by atoms with Crippen molar-refractivity contribution in [2.24, 2.45) is 5.92 Å². The van der Waals surface area contributed by atoms with Crippen LogP contribution in [0.15, 0.2) is 0 Å². The Morgan fingerprint density at radius 1 is 1.40 bits per heavy atom. The van der Waals surface area contributed by atoms with Crippen LogP contribution in [0, 0.1) is 5.92 Å². The maximum Gasteiger partial charge on any atom is 0.0483 e. The Labute approximate surface area is 69.1 Å². The van der Waals surface area contributed by atoms with E-state index >= 15 is 0 Å². The topological polar surface area (TPSA) is 12.0 Å². The summed E-state index contributed by atoms with van der Waals surface area (Å²) in [5.41, 5.74) is 0. The van der Waals surface area contributed by atoms with Crippen molar-refractivity contribution < 1.29 is 0 Å². The predicted molar refractivity (Wildman–Crippen MR) is 47.6 cm³/mol. The summed E-state index contributed by atoms with van der Waals surface area (Å²) in [4.78, 5) is 0. The molecule has 1 nitrogen and oxygen atoms in total. The molecule has 2 heteroatoms. The zero-order valence-corrected chi connectivity index (χ0v) is 7.91. The molecular weight excluding hydrogens is 146 g/mol. The van der Waals surface area contributed by atoms with Crippen LogP contribution in [0.2, 0.25) is 0 Å². The Kier molecular flexibility index (Phi) is 6.14. The maximum absolute atomic E-state index is 5.99. The Morgan fingerprint density at radius 3 is 2.40 bits per heavy atom. The molecule has 0 heterocycles. The van der Waals surface area contributed by atoms with Crippen molar-refractivity contribution in [1.29, 1.82) is 0 Å². The Morgan fingerprint density at radius 2 is 2.00 bits per heavy atom. The molecule has 0 fully saturated rings. The lowest BCUT2D eigenvalue weighted by molar-refractivity contribution is 0.545. The highest BCUT2D eigenvalue weighted by molar-refractivity contribution is 6.20. The van der Waals surface area contributed by atoms with E-state index in [4.69, 9.17) is 11.6 Å². The van der Waals surface area contributed by atoms with Crippen LogP contribution in [-0.2, 0) is 0 Å². The third kappa shape index (κ3) is 5.07. The summed E-state index contributed by atoms with van der Waals surface area (Å²) in [6, 6.07) is 0. The number of halogens is 1. The van der Waals surface area contributed by atoms with Gasteiger partial charge < -0.3 is 5.32 Å². The second-order valence-corrected chi connectivity index (χ2v) is 3.52. The molecule has 1 atom stereocenters. The Bertz CT molecular complexity index is 73.7. The van der Waals surface area contributed by atoms with Crippen LogP contribution in [0.1, 0.15) is 27.2 Å². The molecule has 10 heavy (non-hydrogen) atoms. The van der Waals surface area contributed by atoms with Crippen molar-refractivity contribution in [3.05, 3.63) is 0 Å². The quantitative estimate of drug-likeness (QED) is 0.484. The van der Waals surface area contributed by atoms with Gasteiger partial charge in [-0.15, -0.1) is 11.6 Å². The summed E-state index contributed by atoms with van der Waals surface area (Å²) >= 11 is 5.99. The fraction of sp³-hybridized carbons (Fsp3) is 1.00. The van der Waals surface area contributed by atoms with E-state index in [1.165, 1.54) is 6.42 Å². The first kappa shape index (κ1) is 10.2. The molecule has 0 amide bonds. The first-order chi connectivity index (χ1) is 4.68. The molecule has 0 spiro atoms. The van der Waals surface area contributed by atoms with E-state index < -0.39 is 0 Å². The van der Waals surface area contributed by atoms with Gasteiger partial charge in [0.05, 0.1) is 0 Å². The van der Waals surface area contributed by atoms with Crippen molar-refractivity contribution in [1.82, 2.24) is 5.32 Å². The van der Waals surface area contributed by atoms with Crippen LogP contribution in [0.4, 0.5) is 0 Å². The average molecular weight is 164 g/mol. The lowest BCUT2D eigenvalue weighted by Crippen LogP contribution is -2.27. The highest BCUT2D eigenvalue weighted by Gasteiger charge is 2.07. The molecule has 1 N–H and O–H groups in total. The number of alkyl halides is 1. The minimum atomic E-state index is 0.284. The van der Waals surface area contributed by atoms with Gasteiger partial charge in [0.25, 0.3) is 0 Å². The van der Waals surface area contributed by atoms with E-state index in [0.29, 0.717) is 5.92 Å². The molecule has 0 aromatic heterocycles. The summed E-state index contributed by atoms with van der Waals surface area (Å²) in [7, 11) is 0. The van der Waals surface area contributed by atoms with Gasteiger partial charge >= 0.3 is 0 Å². The lowest BCUT2D eigenvalue weighted by atomic mass is 10.1. The van der Waals surface area contributed by atoms with Crippen LogP contribution in [0.25, 0.3) is 0 Å². The minimum absolute atomic E-state index is 0.284. The molecule has 0 aromatic rings. The summed E-state index contributed by atoms with van der Waals surface area (Å²) < 4.78 is 0. The van der Waals surface area contributed by atoms with Gasteiger partial charge in [0.1, 0.15) is 0 Å². The highest BCUT2D eigenvalue weighted by atomic mass is 35.5. The summed E-state index contributed by atoms with van der Waals surface area (Å²) in [6.07, 6.45) is 1.18. The zero-order chi connectivity index (χ0) is 7.98.